The van der Waals surface area contributed by atoms with E-state index in [9.17, 15) is 31.5 Å². The van der Waals surface area contributed by atoms with Crippen LogP contribution in [0.1, 0.15) is 25.5 Å². The van der Waals surface area contributed by atoms with Crippen LogP contribution in [-0.2, 0) is 16.2 Å². The van der Waals surface area contributed by atoms with Gasteiger partial charge in [-0.15, -0.1) is 0 Å². The van der Waals surface area contributed by atoms with Crippen molar-refractivity contribution in [3.8, 4) is 28.8 Å². The molecule has 3 N–H and O–H groups in total. The van der Waals surface area contributed by atoms with Gasteiger partial charge in [0.15, 0.2) is 0 Å². The average molecular weight is 567 g/mol. The number of ether oxygens (including phenoxy) is 2. The molecule has 1 amide bonds. The molecule has 1 atom stereocenters. The Morgan fingerprint density at radius 3 is 2.26 bits per heavy atom. The Morgan fingerprint density at radius 1 is 1.05 bits per heavy atom. The lowest BCUT2D eigenvalue weighted by Crippen LogP contribution is -2.43. The Labute approximate surface area is 222 Å². The summed E-state index contributed by atoms with van der Waals surface area (Å²) in [5.41, 5.74) is -2.65. The molecule has 3 aromatic rings. The van der Waals surface area contributed by atoms with Crippen molar-refractivity contribution in [1.29, 1.82) is 0 Å². The fourth-order valence-corrected chi connectivity index (χ4v) is 4.22. The Kier molecular flexibility index (Phi) is 7.70. The molecule has 1 aliphatic carbocycles. The van der Waals surface area contributed by atoms with Gasteiger partial charge >= 0.3 is 12.3 Å². The summed E-state index contributed by atoms with van der Waals surface area (Å²) in [5, 5.41) is 12.6. The van der Waals surface area contributed by atoms with Gasteiger partial charge in [-0.1, -0.05) is 30.3 Å². The van der Waals surface area contributed by atoms with Crippen molar-refractivity contribution in [1.82, 2.24) is 15.3 Å². The molecule has 0 aliphatic heterocycles. The van der Waals surface area contributed by atoms with Crippen LogP contribution in [0, 0.1) is 5.92 Å². The monoisotopic (exact) mass is 566 g/mol. The van der Waals surface area contributed by atoms with Gasteiger partial charge in [-0.25, -0.2) is 23.2 Å². The number of halogens is 3. The number of sulfonamides is 1. The number of carbonyl (C=O) groups is 1. The summed E-state index contributed by atoms with van der Waals surface area (Å²) in [4.78, 5) is 20.0. The summed E-state index contributed by atoms with van der Waals surface area (Å²) in [7, 11) is -3.57. The molecule has 0 saturated heterocycles. The van der Waals surface area contributed by atoms with E-state index in [1.54, 1.807) is 18.2 Å². The van der Waals surface area contributed by atoms with Crippen LogP contribution in [0.25, 0.3) is 11.3 Å². The Hall–Kier alpha value is -3.91. The molecule has 1 unspecified atom stereocenters. The molecule has 1 saturated carbocycles. The maximum Gasteiger partial charge on any atom is 0.438 e. The van der Waals surface area contributed by atoms with E-state index in [1.165, 1.54) is 43.3 Å². The lowest BCUT2D eigenvalue weighted by atomic mass is 10.0. The van der Waals surface area contributed by atoms with E-state index in [2.05, 4.69) is 20.0 Å². The molecular weight excluding hydrogens is 541 g/mol. The first kappa shape index (κ1) is 28.1. The summed E-state index contributed by atoms with van der Waals surface area (Å²) in [6.07, 6.45) is -3.81. The van der Waals surface area contributed by atoms with E-state index < -0.39 is 45.3 Å². The quantitative estimate of drug-likeness (QED) is 0.342. The highest BCUT2D eigenvalue weighted by Gasteiger charge is 2.42. The van der Waals surface area contributed by atoms with Crippen LogP contribution in [0.15, 0.2) is 54.6 Å². The third kappa shape index (κ3) is 7.57. The van der Waals surface area contributed by atoms with Gasteiger partial charge in [-0.2, -0.15) is 13.2 Å². The maximum atomic E-state index is 14.0. The van der Waals surface area contributed by atoms with Gasteiger partial charge < -0.3 is 19.9 Å². The number of hydrogen-bond acceptors (Lipinski definition) is 8. The van der Waals surface area contributed by atoms with Crippen molar-refractivity contribution in [2.45, 2.75) is 31.5 Å². The molecule has 2 aromatic carbocycles. The molecule has 208 valence electrons. The highest BCUT2D eigenvalue weighted by Crippen LogP contribution is 2.41. The first-order chi connectivity index (χ1) is 18.2. The van der Waals surface area contributed by atoms with Crippen molar-refractivity contribution in [2.24, 2.45) is 5.92 Å². The van der Waals surface area contributed by atoms with Crippen molar-refractivity contribution < 1.29 is 41.0 Å². The minimum absolute atomic E-state index is 0.0236. The van der Waals surface area contributed by atoms with E-state index in [1.807, 2.05) is 0 Å². The Balaban J connectivity index is 1.72. The molecule has 0 spiro atoms. The molecule has 0 radical (unpaired) electrons. The van der Waals surface area contributed by atoms with Gasteiger partial charge in [0, 0.05) is 17.8 Å². The number of amides is 1. The zero-order chi connectivity index (χ0) is 28.4. The van der Waals surface area contributed by atoms with Crippen LogP contribution >= 0.6 is 0 Å². The van der Waals surface area contributed by atoms with Gasteiger partial charge in [0.2, 0.25) is 21.6 Å². The van der Waals surface area contributed by atoms with E-state index >= 15 is 0 Å². The largest absolute Gasteiger partial charge is 0.438 e. The second-order valence-electron chi connectivity index (χ2n) is 9.27. The van der Waals surface area contributed by atoms with E-state index in [0.29, 0.717) is 0 Å². The van der Waals surface area contributed by atoms with Gasteiger partial charge in [0.1, 0.15) is 11.4 Å². The molecule has 1 fully saturated rings. The fourth-order valence-electron chi connectivity index (χ4n) is 3.65. The van der Waals surface area contributed by atoms with Crippen LogP contribution in [0.2, 0.25) is 0 Å². The number of alkyl halides is 3. The lowest BCUT2D eigenvalue weighted by Gasteiger charge is -2.23. The topological polar surface area (TPSA) is 140 Å². The van der Waals surface area contributed by atoms with Crippen LogP contribution < -0.4 is 19.5 Å². The molecule has 1 heterocycles. The van der Waals surface area contributed by atoms with Crippen LogP contribution in [0.5, 0.6) is 17.5 Å². The average Bonchev–Trinajstić information content (AvgIpc) is 3.70. The molecular formula is C25H25F3N4O6S. The highest BCUT2D eigenvalue weighted by molar-refractivity contribution is 7.92. The molecule has 14 heteroatoms. The molecule has 1 aliphatic rings. The second-order valence-corrected chi connectivity index (χ2v) is 11.0. The van der Waals surface area contributed by atoms with Crippen LogP contribution in [0.3, 0.4) is 0 Å². The summed E-state index contributed by atoms with van der Waals surface area (Å²) >= 11 is 0. The van der Waals surface area contributed by atoms with Crippen molar-refractivity contribution in [3.05, 3.63) is 60.3 Å². The number of hydrogen-bond donors (Lipinski definition) is 3. The predicted molar refractivity (Wildman–Crippen MR) is 135 cm³/mol. The molecule has 0 bridgehead atoms. The van der Waals surface area contributed by atoms with Gasteiger partial charge in [0.05, 0.1) is 11.9 Å². The van der Waals surface area contributed by atoms with E-state index in [4.69, 9.17) is 9.47 Å². The maximum absolute atomic E-state index is 14.0. The summed E-state index contributed by atoms with van der Waals surface area (Å²) in [6.45, 7) is 1.28. The first-order valence-electron chi connectivity index (χ1n) is 11.7. The summed E-state index contributed by atoms with van der Waals surface area (Å²) < 4.78 is 77.8. The molecule has 39 heavy (non-hydrogen) atoms. The van der Waals surface area contributed by atoms with Crippen molar-refractivity contribution in [3.63, 3.8) is 0 Å². The van der Waals surface area contributed by atoms with E-state index in [0.717, 1.165) is 19.1 Å². The van der Waals surface area contributed by atoms with Gasteiger partial charge in [-0.3, -0.25) is 4.72 Å². The van der Waals surface area contributed by atoms with Gasteiger partial charge in [-0.05, 0) is 49.9 Å². The number of carbonyl (C=O) groups excluding carboxylic acids is 1. The minimum atomic E-state index is -5.07. The third-order valence-electron chi connectivity index (χ3n) is 5.76. The minimum Gasteiger partial charge on any atom is -0.437 e. The molecule has 10 nitrogen and oxygen atoms in total. The zero-order valence-corrected chi connectivity index (χ0v) is 21.6. The SMILES string of the molecule is CC(O)(CNC(=O)Oc1nc(-c2ccc(NS(C)(=O)=O)cc2)c(Oc2ccccc2)nc1C(F)(F)F)C1CC1. The standard InChI is InChI=1S/C25H25F3N4O6S/c1-24(34,16-10-11-16)14-29-23(33)38-22-20(25(26,27)28)31-21(37-18-6-4-3-5-7-18)19(30-22)15-8-12-17(13-9-15)32-39(2,35)36/h3-9,12-13,16,32,34H,10-11,14H2,1-2H3,(H,29,33). The summed E-state index contributed by atoms with van der Waals surface area (Å²) in [5.74, 6) is -1.50. The lowest BCUT2D eigenvalue weighted by molar-refractivity contribution is -0.142. The van der Waals surface area contributed by atoms with Crippen LogP contribution in [-0.4, -0.2) is 48.0 Å². The summed E-state index contributed by atoms with van der Waals surface area (Å²) in [6, 6.07) is 13.4. The number of aliphatic hydroxyl groups is 1. The van der Waals surface area contributed by atoms with Gasteiger partial charge in [0.25, 0.3) is 5.88 Å². The predicted octanol–water partition coefficient (Wildman–Crippen LogP) is 4.58. The Morgan fingerprint density at radius 2 is 1.69 bits per heavy atom. The van der Waals surface area contributed by atoms with Crippen molar-refractivity contribution in [2.75, 3.05) is 17.5 Å². The fraction of sp³-hybridized carbons (Fsp3) is 0.320. The highest BCUT2D eigenvalue weighted by atomic mass is 32.2. The van der Waals surface area contributed by atoms with Crippen LogP contribution in [0.4, 0.5) is 23.7 Å². The normalized spacial score (nSPS) is 15.2. The number of nitrogens with one attached hydrogen (secondary N) is 2. The van der Waals surface area contributed by atoms with E-state index in [-0.39, 0.29) is 35.2 Å². The number of para-hydroxylation sites is 1. The zero-order valence-electron chi connectivity index (χ0n) is 20.8. The number of rotatable bonds is 9. The number of nitrogens with zero attached hydrogens (tertiary/aromatic N) is 2. The first-order valence-corrected chi connectivity index (χ1v) is 13.6. The number of anilines is 1. The third-order valence-corrected chi connectivity index (χ3v) is 6.36. The second kappa shape index (κ2) is 10.7. The van der Waals surface area contributed by atoms with Crippen molar-refractivity contribution >= 4 is 21.8 Å². The molecule has 1 aromatic heterocycles. The Bertz CT molecular complexity index is 1450. The smallest absolute Gasteiger partial charge is 0.437 e. The number of benzene rings is 2. The molecule has 4 rings (SSSR count). The number of aromatic nitrogens is 2.